The molecule has 21 heavy (non-hydrogen) atoms. The third-order valence-electron chi connectivity index (χ3n) is 2.74. The minimum atomic E-state index is 0.480. The lowest BCUT2D eigenvalue weighted by Gasteiger charge is -2.12. The van der Waals surface area contributed by atoms with Gasteiger partial charge in [-0.1, -0.05) is 28.6 Å². The molecule has 2 aromatic rings. The molecule has 2 aromatic carbocycles. The number of anilines is 1. The van der Waals surface area contributed by atoms with Crippen LogP contribution in [0.1, 0.15) is 5.56 Å². The quantitative estimate of drug-likeness (QED) is 0.506. The van der Waals surface area contributed by atoms with Crippen molar-refractivity contribution in [1.82, 2.24) is 0 Å². The van der Waals surface area contributed by atoms with Crippen molar-refractivity contribution in [3.8, 4) is 5.75 Å². The van der Waals surface area contributed by atoms with E-state index in [-0.39, 0.29) is 0 Å². The molecule has 0 aliphatic heterocycles. The van der Waals surface area contributed by atoms with Gasteiger partial charge in [0, 0.05) is 16.7 Å². The first-order valence-electron chi connectivity index (χ1n) is 6.31. The van der Waals surface area contributed by atoms with Crippen molar-refractivity contribution in [3.05, 3.63) is 68.0 Å². The molecule has 0 aliphatic carbocycles. The Morgan fingerprint density at radius 3 is 2.24 bits per heavy atom. The summed E-state index contributed by atoms with van der Waals surface area (Å²) >= 11 is 10.5. The molecule has 0 radical (unpaired) electrons. The van der Waals surface area contributed by atoms with Gasteiger partial charge >= 0.3 is 0 Å². The molecule has 110 valence electrons. The summed E-state index contributed by atoms with van der Waals surface area (Å²) < 4.78 is 8.53. The normalized spacial score (nSPS) is 10.2. The van der Waals surface area contributed by atoms with Crippen molar-refractivity contribution in [2.75, 3.05) is 11.9 Å². The van der Waals surface area contributed by atoms with Crippen LogP contribution in [-0.4, -0.2) is 6.61 Å². The van der Waals surface area contributed by atoms with Crippen LogP contribution in [0, 0.1) is 0 Å². The van der Waals surface area contributed by atoms with E-state index in [2.05, 4.69) is 71.8 Å². The molecule has 0 saturated carbocycles. The number of ether oxygens (including phenoxy) is 1. The third kappa shape index (κ3) is 4.87. The zero-order valence-corrected chi connectivity index (χ0v) is 16.0. The summed E-state index contributed by atoms with van der Waals surface area (Å²) in [5, 5.41) is 3.39. The molecular weight excluding hydrogens is 462 g/mol. The molecule has 0 bridgehead atoms. The molecule has 2 rings (SSSR count). The number of hydrogen-bond donors (Lipinski definition) is 1. The molecule has 0 aliphatic rings. The molecule has 5 heteroatoms. The van der Waals surface area contributed by atoms with Crippen LogP contribution in [0.15, 0.2) is 62.5 Å². The zero-order chi connectivity index (χ0) is 15.2. The lowest BCUT2D eigenvalue weighted by molar-refractivity contribution is 0.358. The summed E-state index contributed by atoms with van der Waals surface area (Å²) in [4.78, 5) is 0. The summed E-state index contributed by atoms with van der Waals surface area (Å²) in [6.45, 7) is 4.87. The Balaban J connectivity index is 2.07. The smallest absolute Gasteiger partial charge is 0.148 e. The van der Waals surface area contributed by atoms with Gasteiger partial charge in [-0.05, 0) is 73.8 Å². The molecule has 0 atom stereocenters. The van der Waals surface area contributed by atoms with E-state index in [1.807, 2.05) is 24.3 Å². The van der Waals surface area contributed by atoms with Gasteiger partial charge in [-0.3, -0.25) is 0 Å². The van der Waals surface area contributed by atoms with Crippen LogP contribution >= 0.6 is 47.8 Å². The van der Waals surface area contributed by atoms with Crippen LogP contribution in [0.5, 0.6) is 5.75 Å². The van der Waals surface area contributed by atoms with Gasteiger partial charge in [-0.15, -0.1) is 0 Å². The summed E-state index contributed by atoms with van der Waals surface area (Å²) in [6.07, 6.45) is 1.72. The second-order valence-electron chi connectivity index (χ2n) is 4.35. The highest BCUT2D eigenvalue weighted by molar-refractivity contribution is 9.11. The Bertz CT molecular complexity index is 603. The van der Waals surface area contributed by atoms with Crippen molar-refractivity contribution in [3.63, 3.8) is 0 Å². The Kier molecular flexibility index (Phi) is 6.33. The highest BCUT2D eigenvalue weighted by Crippen LogP contribution is 2.35. The monoisotopic (exact) mass is 473 g/mol. The van der Waals surface area contributed by atoms with E-state index in [9.17, 15) is 0 Å². The number of rotatable bonds is 6. The molecule has 0 saturated heterocycles. The molecule has 0 unspecified atom stereocenters. The van der Waals surface area contributed by atoms with E-state index in [4.69, 9.17) is 4.74 Å². The summed E-state index contributed by atoms with van der Waals surface area (Å²) in [6, 6.07) is 12.2. The molecule has 0 heterocycles. The largest absolute Gasteiger partial charge is 0.487 e. The summed E-state index contributed by atoms with van der Waals surface area (Å²) in [5.41, 5.74) is 2.24. The minimum Gasteiger partial charge on any atom is -0.487 e. The summed E-state index contributed by atoms with van der Waals surface area (Å²) in [5.74, 6) is 0.794. The van der Waals surface area contributed by atoms with Crippen molar-refractivity contribution >= 4 is 53.5 Å². The van der Waals surface area contributed by atoms with Crippen molar-refractivity contribution in [2.24, 2.45) is 0 Å². The fourth-order valence-electron chi connectivity index (χ4n) is 1.77. The molecule has 0 fully saturated rings. The lowest BCUT2D eigenvalue weighted by atomic mass is 10.2. The number of halogens is 3. The predicted molar refractivity (Wildman–Crippen MR) is 99.0 cm³/mol. The Labute approximate surface area is 150 Å². The molecule has 2 nitrogen and oxygen atoms in total. The van der Waals surface area contributed by atoms with Crippen molar-refractivity contribution < 1.29 is 4.74 Å². The van der Waals surface area contributed by atoms with E-state index in [0.29, 0.717) is 6.61 Å². The van der Waals surface area contributed by atoms with E-state index < -0.39 is 0 Å². The van der Waals surface area contributed by atoms with Gasteiger partial charge in [0.05, 0.1) is 8.95 Å². The first kappa shape index (κ1) is 16.6. The minimum absolute atomic E-state index is 0.480. The number of nitrogens with one attached hydrogen (secondary N) is 1. The first-order valence-corrected chi connectivity index (χ1v) is 8.69. The fraction of sp³-hybridized carbons (Fsp3) is 0.125. The van der Waals surface area contributed by atoms with E-state index in [0.717, 1.165) is 37.0 Å². The summed E-state index contributed by atoms with van der Waals surface area (Å²) in [7, 11) is 0. The van der Waals surface area contributed by atoms with Gasteiger partial charge in [0.25, 0.3) is 0 Å². The third-order valence-corrected chi connectivity index (χ3v) is 4.45. The second-order valence-corrected chi connectivity index (χ2v) is 6.97. The van der Waals surface area contributed by atoms with Gasteiger partial charge in [0.1, 0.15) is 12.4 Å². The van der Waals surface area contributed by atoms with Gasteiger partial charge in [0.15, 0.2) is 0 Å². The Hall–Kier alpha value is -0.780. The maximum absolute atomic E-state index is 5.61. The number of hydrogen-bond acceptors (Lipinski definition) is 2. The van der Waals surface area contributed by atoms with Crippen LogP contribution in [0.3, 0.4) is 0 Å². The van der Waals surface area contributed by atoms with Gasteiger partial charge in [-0.2, -0.15) is 0 Å². The lowest BCUT2D eigenvalue weighted by Crippen LogP contribution is -2.01. The topological polar surface area (TPSA) is 21.3 Å². The molecule has 0 spiro atoms. The van der Waals surface area contributed by atoms with Gasteiger partial charge in [-0.25, -0.2) is 0 Å². The van der Waals surface area contributed by atoms with Crippen LogP contribution in [0.2, 0.25) is 0 Å². The van der Waals surface area contributed by atoms with Crippen LogP contribution < -0.4 is 10.1 Å². The Morgan fingerprint density at radius 1 is 1.05 bits per heavy atom. The fourth-order valence-corrected chi connectivity index (χ4v) is 3.54. The van der Waals surface area contributed by atoms with E-state index in [1.165, 1.54) is 0 Å². The zero-order valence-electron chi connectivity index (χ0n) is 11.2. The van der Waals surface area contributed by atoms with Crippen LogP contribution in [0.25, 0.3) is 0 Å². The highest BCUT2D eigenvalue weighted by Gasteiger charge is 2.08. The molecule has 1 N–H and O–H groups in total. The van der Waals surface area contributed by atoms with E-state index >= 15 is 0 Å². The maximum atomic E-state index is 5.61. The van der Waals surface area contributed by atoms with Gasteiger partial charge < -0.3 is 10.1 Å². The van der Waals surface area contributed by atoms with Crippen molar-refractivity contribution in [1.29, 1.82) is 0 Å². The average molecular weight is 476 g/mol. The Morgan fingerprint density at radius 2 is 1.67 bits per heavy atom. The maximum Gasteiger partial charge on any atom is 0.148 e. The molecule has 0 aromatic heterocycles. The average Bonchev–Trinajstić information content (AvgIpc) is 2.46. The van der Waals surface area contributed by atoms with Gasteiger partial charge in [0.2, 0.25) is 0 Å². The van der Waals surface area contributed by atoms with Crippen LogP contribution in [-0.2, 0) is 6.54 Å². The highest BCUT2D eigenvalue weighted by atomic mass is 79.9. The SMILES string of the molecule is C=CCOc1c(Br)cc(CNc2ccc(Br)cc2)cc1Br. The van der Waals surface area contributed by atoms with E-state index in [1.54, 1.807) is 6.08 Å². The standard InChI is InChI=1S/C16H14Br3NO/c1-2-7-21-16-14(18)8-11(9-15(16)19)10-20-13-5-3-12(17)4-6-13/h2-6,8-9,20H,1,7,10H2. The molecular formula is C16H14Br3NO. The first-order chi connectivity index (χ1) is 10.1. The number of benzene rings is 2. The van der Waals surface area contributed by atoms with Crippen LogP contribution in [0.4, 0.5) is 5.69 Å². The molecule has 0 amide bonds. The van der Waals surface area contributed by atoms with Crippen molar-refractivity contribution in [2.45, 2.75) is 6.54 Å². The predicted octanol–water partition coefficient (Wildman–Crippen LogP) is 6.15. The second kappa shape index (κ2) is 8.01.